The molecule has 3 aromatic rings. The van der Waals surface area contributed by atoms with Gasteiger partial charge in [-0.1, -0.05) is 0 Å². The molecule has 8 nitrogen and oxygen atoms in total. The van der Waals surface area contributed by atoms with Crippen molar-refractivity contribution in [2.24, 2.45) is 12.9 Å². The molecule has 3 N–H and O–H groups in total. The quantitative estimate of drug-likeness (QED) is 0.516. The first-order valence-electron chi connectivity index (χ1n) is 6.07. The molecule has 0 aliphatic carbocycles. The second-order valence-electron chi connectivity index (χ2n) is 4.41. The third-order valence-corrected chi connectivity index (χ3v) is 3.85. The van der Waals surface area contributed by atoms with Crippen LogP contribution in [-0.4, -0.2) is 19.1 Å². The summed E-state index contributed by atoms with van der Waals surface area (Å²) in [6.07, 6.45) is 1.43. The Balaban J connectivity index is 2.12. The molecule has 0 bridgehead atoms. The summed E-state index contributed by atoms with van der Waals surface area (Å²) in [5.74, 6) is 6.27. The van der Waals surface area contributed by atoms with Gasteiger partial charge in [0.05, 0.1) is 11.9 Å². The smallest absolute Gasteiger partial charge is 0.308 e. The third-order valence-electron chi connectivity index (χ3n) is 3.05. The van der Waals surface area contributed by atoms with Crippen LogP contribution in [0.25, 0.3) is 10.2 Å². The molecular weight excluding hydrogens is 292 g/mol. The Morgan fingerprint density at radius 2 is 2.14 bits per heavy atom. The second kappa shape index (κ2) is 5.11. The van der Waals surface area contributed by atoms with E-state index in [2.05, 4.69) is 15.4 Å². The van der Waals surface area contributed by atoms with Gasteiger partial charge >= 0.3 is 5.69 Å². The van der Waals surface area contributed by atoms with Crippen LogP contribution >= 0.6 is 11.3 Å². The lowest BCUT2D eigenvalue weighted by molar-refractivity contribution is 0.622. The number of nitrogens with two attached hydrogens (primary N) is 1. The molecule has 3 rings (SSSR count). The number of hydrogen-bond acceptors (Lipinski definition) is 7. The Kier molecular flexibility index (Phi) is 3.28. The van der Waals surface area contributed by atoms with Crippen LogP contribution in [0, 0.1) is 0 Å². The van der Waals surface area contributed by atoms with Crippen molar-refractivity contribution in [3.05, 3.63) is 50.4 Å². The summed E-state index contributed by atoms with van der Waals surface area (Å²) < 4.78 is 2.40. The highest BCUT2D eigenvalue weighted by atomic mass is 32.1. The first-order chi connectivity index (χ1) is 10.1. The molecule has 0 aromatic carbocycles. The standard InChI is InChI=1S/C12H12N6O2S/c1-17-4-2-9(19)18(12(17)20)6-8-14-10(16-13)7-3-5-21-11(7)15-8/h2-5H,6,13H2,1H3,(H,14,15,16). The average molecular weight is 304 g/mol. The molecule has 3 heterocycles. The predicted molar refractivity (Wildman–Crippen MR) is 80.3 cm³/mol. The van der Waals surface area contributed by atoms with Gasteiger partial charge in [0, 0.05) is 19.3 Å². The highest BCUT2D eigenvalue weighted by molar-refractivity contribution is 7.16. The Bertz CT molecular complexity index is 925. The minimum Gasteiger partial charge on any atom is -0.308 e. The fraction of sp³-hybridized carbons (Fsp3) is 0.167. The van der Waals surface area contributed by atoms with E-state index in [1.54, 1.807) is 7.05 Å². The number of anilines is 1. The van der Waals surface area contributed by atoms with Crippen molar-refractivity contribution >= 4 is 27.4 Å². The Labute approximate surface area is 122 Å². The lowest BCUT2D eigenvalue weighted by Gasteiger charge is -2.07. The van der Waals surface area contributed by atoms with Crippen molar-refractivity contribution in [2.45, 2.75) is 6.54 Å². The Morgan fingerprint density at radius 1 is 1.33 bits per heavy atom. The van der Waals surface area contributed by atoms with Gasteiger partial charge in [0.15, 0.2) is 11.6 Å². The topological polar surface area (TPSA) is 108 Å². The van der Waals surface area contributed by atoms with Crippen molar-refractivity contribution in [3.8, 4) is 0 Å². The molecular formula is C12H12N6O2S. The van der Waals surface area contributed by atoms with E-state index in [1.807, 2.05) is 11.4 Å². The van der Waals surface area contributed by atoms with Gasteiger partial charge in [-0.25, -0.2) is 20.6 Å². The van der Waals surface area contributed by atoms with E-state index in [9.17, 15) is 9.59 Å². The number of rotatable bonds is 3. The van der Waals surface area contributed by atoms with Gasteiger partial charge in [-0.05, 0) is 11.4 Å². The summed E-state index contributed by atoms with van der Waals surface area (Å²) in [5, 5.41) is 2.68. The Hall–Kier alpha value is -2.52. The molecule has 0 spiro atoms. The molecule has 0 amide bonds. The van der Waals surface area contributed by atoms with E-state index in [-0.39, 0.29) is 6.54 Å². The summed E-state index contributed by atoms with van der Waals surface area (Å²) in [5.41, 5.74) is 1.70. The summed E-state index contributed by atoms with van der Waals surface area (Å²) in [4.78, 5) is 33.2. The van der Waals surface area contributed by atoms with Crippen LogP contribution in [0.1, 0.15) is 5.82 Å². The van der Waals surface area contributed by atoms with Crippen molar-refractivity contribution in [1.82, 2.24) is 19.1 Å². The zero-order chi connectivity index (χ0) is 15.0. The fourth-order valence-electron chi connectivity index (χ4n) is 1.98. The normalized spacial score (nSPS) is 11.0. The highest BCUT2D eigenvalue weighted by Crippen LogP contribution is 2.24. The Morgan fingerprint density at radius 3 is 2.90 bits per heavy atom. The monoisotopic (exact) mass is 304 g/mol. The molecule has 0 unspecified atom stereocenters. The molecule has 0 saturated carbocycles. The first kappa shape index (κ1) is 13.5. The second-order valence-corrected chi connectivity index (χ2v) is 5.30. The van der Waals surface area contributed by atoms with E-state index >= 15 is 0 Å². The third kappa shape index (κ3) is 2.32. The van der Waals surface area contributed by atoms with Crippen molar-refractivity contribution in [2.75, 3.05) is 5.43 Å². The van der Waals surface area contributed by atoms with Gasteiger partial charge in [-0.2, -0.15) is 0 Å². The number of nitrogens with one attached hydrogen (secondary N) is 1. The van der Waals surface area contributed by atoms with Gasteiger partial charge in [0.1, 0.15) is 4.83 Å². The number of nitrogen functional groups attached to an aromatic ring is 1. The number of hydrogen-bond donors (Lipinski definition) is 2. The van der Waals surface area contributed by atoms with Crippen LogP contribution in [0.15, 0.2) is 33.3 Å². The van der Waals surface area contributed by atoms with Crippen LogP contribution in [0.2, 0.25) is 0 Å². The van der Waals surface area contributed by atoms with Gasteiger partial charge in [0.25, 0.3) is 5.56 Å². The predicted octanol–water partition coefficient (Wildman–Crippen LogP) is -0.114. The van der Waals surface area contributed by atoms with Gasteiger partial charge in [-0.3, -0.25) is 9.36 Å². The number of hydrazine groups is 1. The van der Waals surface area contributed by atoms with Gasteiger partial charge < -0.3 is 9.99 Å². The largest absolute Gasteiger partial charge is 0.331 e. The van der Waals surface area contributed by atoms with Crippen LogP contribution in [0.5, 0.6) is 0 Å². The van der Waals surface area contributed by atoms with Crippen molar-refractivity contribution in [1.29, 1.82) is 0 Å². The lowest BCUT2D eigenvalue weighted by Crippen LogP contribution is -2.38. The van der Waals surface area contributed by atoms with Gasteiger partial charge in [-0.15, -0.1) is 11.3 Å². The van der Waals surface area contributed by atoms with E-state index in [0.29, 0.717) is 11.6 Å². The minimum atomic E-state index is -0.417. The maximum atomic E-state index is 12.0. The maximum absolute atomic E-state index is 12.0. The van der Waals surface area contributed by atoms with Crippen LogP contribution in [-0.2, 0) is 13.6 Å². The van der Waals surface area contributed by atoms with Crippen LogP contribution < -0.4 is 22.5 Å². The number of fused-ring (bicyclic) bond motifs is 1. The first-order valence-corrected chi connectivity index (χ1v) is 6.95. The number of nitrogens with zero attached hydrogens (tertiary/aromatic N) is 4. The number of thiophene rings is 1. The molecule has 108 valence electrons. The zero-order valence-corrected chi connectivity index (χ0v) is 11.9. The van der Waals surface area contributed by atoms with E-state index in [4.69, 9.17) is 5.84 Å². The fourth-order valence-corrected chi connectivity index (χ4v) is 2.76. The highest BCUT2D eigenvalue weighted by Gasteiger charge is 2.11. The molecule has 0 radical (unpaired) electrons. The molecule has 21 heavy (non-hydrogen) atoms. The molecule has 0 aliphatic rings. The van der Waals surface area contributed by atoms with Gasteiger partial charge in [0.2, 0.25) is 0 Å². The lowest BCUT2D eigenvalue weighted by atomic mass is 10.4. The summed E-state index contributed by atoms with van der Waals surface area (Å²) in [6.45, 7) is -0.00509. The number of aryl methyl sites for hydroxylation is 1. The van der Waals surface area contributed by atoms with Crippen molar-refractivity contribution < 1.29 is 0 Å². The van der Waals surface area contributed by atoms with E-state index < -0.39 is 11.2 Å². The SMILES string of the molecule is Cn1ccc(=O)n(Cc2nc(NN)c3ccsc3n2)c1=O. The van der Waals surface area contributed by atoms with Crippen LogP contribution in [0.4, 0.5) is 5.82 Å². The van der Waals surface area contributed by atoms with Crippen molar-refractivity contribution in [3.63, 3.8) is 0 Å². The molecule has 3 aromatic heterocycles. The summed E-state index contributed by atoms with van der Waals surface area (Å²) >= 11 is 1.44. The van der Waals surface area contributed by atoms with E-state index in [0.717, 1.165) is 14.8 Å². The number of aromatic nitrogens is 4. The molecule has 0 atom stereocenters. The zero-order valence-electron chi connectivity index (χ0n) is 11.1. The average Bonchev–Trinajstić information content (AvgIpc) is 2.95. The molecule has 9 heteroatoms. The summed E-state index contributed by atoms with van der Waals surface area (Å²) in [6, 6.07) is 3.18. The summed E-state index contributed by atoms with van der Waals surface area (Å²) in [7, 11) is 1.58. The molecule has 0 saturated heterocycles. The molecule has 0 fully saturated rings. The van der Waals surface area contributed by atoms with Crippen LogP contribution in [0.3, 0.4) is 0 Å². The van der Waals surface area contributed by atoms with E-state index in [1.165, 1.54) is 28.2 Å². The molecule has 0 aliphatic heterocycles. The maximum Gasteiger partial charge on any atom is 0.331 e. The minimum absolute atomic E-state index is 0.00509.